The number of aryl methyl sites for hydroxylation is 1. The highest BCUT2D eigenvalue weighted by molar-refractivity contribution is 6.48. The van der Waals surface area contributed by atoms with Crippen LogP contribution < -0.4 is 19.3 Å². The van der Waals surface area contributed by atoms with Crippen LogP contribution in [0, 0.1) is 12.7 Å². The third kappa shape index (κ3) is 4.79. The molecule has 47 heavy (non-hydrogen) atoms. The summed E-state index contributed by atoms with van der Waals surface area (Å²) < 4.78 is 27.4. The number of aromatic nitrogens is 2. The topological polar surface area (TPSA) is 70.7 Å². The van der Waals surface area contributed by atoms with Crippen molar-refractivity contribution in [2.24, 2.45) is 9.98 Å². The molecule has 1 aromatic heterocycles. The summed E-state index contributed by atoms with van der Waals surface area (Å²) >= 11 is 0. The van der Waals surface area contributed by atoms with Crippen molar-refractivity contribution in [1.82, 2.24) is 14.7 Å². The number of rotatable bonds is 5. The summed E-state index contributed by atoms with van der Waals surface area (Å²) in [6.45, 7) is 5.01. The lowest BCUT2D eigenvalue weighted by molar-refractivity contribution is 0.350. The van der Waals surface area contributed by atoms with Gasteiger partial charge in [0, 0.05) is 43.0 Å². The van der Waals surface area contributed by atoms with Gasteiger partial charge in [-0.05, 0) is 61.5 Å². The Hall–Kier alpha value is -5.64. The fourth-order valence-electron chi connectivity index (χ4n) is 6.91. The quantitative estimate of drug-likeness (QED) is 0.213. The van der Waals surface area contributed by atoms with Crippen molar-refractivity contribution in [3.05, 3.63) is 120 Å². The summed E-state index contributed by atoms with van der Waals surface area (Å²) in [5.74, 6) is 3.39. The molecule has 8 rings (SSSR count). The number of aliphatic imine (C=N–C) groups is 2. The van der Waals surface area contributed by atoms with Crippen LogP contribution in [0.25, 0.3) is 5.69 Å². The van der Waals surface area contributed by atoms with Crippen LogP contribution in [0.2, 0.25) is 0 Å². The van der Waals surface area contributed by atoms with Crippen LogP contribution in [-0.4, -0.2) is 66.8 Å². The minimum Gasteiger partial charge on any atom is -0.493 e. The maximum atomic E-state index is 13.6. The van der Waals surface area contributed by atoms with Gasteiger partial charge >= 0.3 is 0 Å². The molecule has 236 valence electrons. The van der Waals surface area contributed by atoms with Crippen LogP contribution in [-0.2, 0) is 0 Å². The molecule has 1 fully saturated rings. The van der Waals surface area contributed by atoms with Crippen molar-refractivity contribution in [3.8, 4) is 17.2 Å². The summed E-state index contributed by atoms with van der Waals surface area (Å²) in [5.41, 5.74) is 6.55. The van der Waals surface area contributed by atoms with Crippen LogP contribution in [0.15, 0.2) is 107 Å². The lowest BCUT2D eigenvalue weighted by Crippen LogP contribution is -2.55. The second kappa shape index (κ2) is 11.6. The molecule has 9 nitrogen and oxygen atoms in total. The number of piperazine rings is 1. The van der Waals surface area contributed by atoms with E-state index in [2.05, 4.69) is 32.9 Å². The molecule has 0 spiro atoms. The number of nitrogens with zero attached hydrogens (tertiary/aromatic N) is 7. The summed E-state index contributed by atoms with van der Waals surface area (Å²) in [7, 11) is 3.34. The minimum atomic E-state index is -0.341. The second-order valence-electron chi connectivity index (χ2n) is 11.7. The molecule has 5 aromatic rings. The van der Waals surface area contributed by atoms with Crippen LogP contribution in [0.1, 0.15) is 22.9 Å². The van der Waals surface area contributed by atoms with Gasteiger partial charge in [0.15, 0.2) is 29.0 Å². The van der Waals surface area contributed by atoms with Gasteiger partial charge < -0.3 is 24.2 Å². The average molecular weight is 628 g/mol. The smallest absolute Gasteiger partial charge is 0.179 e. The van der Waals surface area contributed by atoms with Gasteiger partial charge in [0.1, 0.15) is 5.82 Å². The fourth-order valence-corrected chi connectivity index (χ4v) is 6.91. The predicted molar refractivity (Wildman–Crippen MR) is 183 cm³/mol. The number of ether oxygens (including phenoxy) is 2. The first-order valence-electron chi connectivity index (χ1n) is 15.7. The first-order valence-corrected chi connectivity index (χ1v) is 15.7. The highest BCUT2D eigenvalue weighted by atomic mass is 19.1. The number of hydrogen-bond acceptors (Lipinski definition) is 8. The van der Waals surface area contributed by atoms with Gasteiger partial charge in [-0.25, -0.2) is 19.1 Å². The highest BCUT2D eigenvalue weighted by Crippen LogP contribution is 2.51. The van der Waals surface area contributed by atoms with E-state index >= 15 is 0 Å². The highest BCUT2D eigenvalue weighted by Gasteiger charge is 2.44. The van der Waals surface area contributed by atoms with E-state index in [9.17, 15) is 4.39 Å². The Morgan fingerprint density at radius 3 is 2.17 bits per heavy atom. The van der Waals surface area contributed by atoms with Crippen molar-refractivity contribution in [2.45, 2.75) is 13.0 Å². The van der Waals surface area contributed by atoms with Crippen LogP contribution in [0.5, 0.6) is 11.5 Å². The van der Waals surface area contributed by atoms with Crippen molar-refractivity contribution in [3.63, 3.8) is 0 Å². The Labute approximate surface area is 272 Å². The van der Waals surface area contributed by atoms with E-state index < -0.39 is 0 Å². The SMILES string of the molecule is COc1cccc([C@@H]2c3c(C)nn(-c4ccccc4)c3N=C3C(N4CCN(c5ccc(F)cc5)CC4)=Nc4ccccc4N32)c1OC. The predicted octanol–water partition coefficient (Wildman–Crippen LogP) is 6.84. The summed E-state index contributed by atoms with van der Waals surface area (Å²) in [5, 5.41) is 5.06. The van der Waals surface area contributed by atoms with Gasteiger partial charge in [0.25, 0.3) is 0 Å². The zero-order valence-corrected chi connectivity index (χ0v) is 26.5. The van der Waals surface area contributed by atoms with Gasteiger partial charge in [-0.1, -0.05) is 42.5 Å². The average Bonchev–Trinajstić information content (AvgIpc) is 3.46. The monoisotopic (exact) mass is 627 g/mol. The van der Waals surface area contributed by atoms with E-state index in [1.54, 1.807) is 14.2 Å². The molecule has 0 bridgehead atoms. The molecule has 0 saturated carbocycles. The molecule has 3 aliphatic heterocycles. The normalized spacial score (nSPS) is 16.9. The number of para-hydroxylation sites is 4. The largest absolute Gasteiger partial charge is 0.493 e. The number of methoxy groups -OCH3 is 2. The Balaban J connectivity index is 1.31. The molecule has 3 aliphatic rings. The molecule has 0 N–H and O–H groups in total. The first kappa shape index (κ1) is 28.8. The third-order valence-corrected chi connectivity index (χ3v) is 9.12. The van der Waals surface area contributed by atoms with Crippen LogP contribution in [0.4, 0.5) is 27.3 Å². The first-order chi connectivity index (χ1) is 23.1. The summed E-state index contributed by atoms with van der Waals surface area (Å²) in [6, 6.07) is 30.7. The third-order valence-electron chi connectivity index (χ3n) is 9.12. The van der Waals surface area contributed by atoms with Crippen molar-refractivity contribution in [1.29, 1.82) is 0 Å². The van der Waals surface area contributed by atoms with Crippen LogP contribution in [0.3, 0.4) is 0 Å². The minimum absolute atomic E-state index is 0.232. The van der Waals surface area contributed by atoms with E-state index in [4.69, 9.17) is 24.6 Å². The molecule has 10 heteroatoms. The number of halogens is 1. The van der Waals surface area contributed by atoms with Crippen LogP contribution >= 0.6 is 0 Å². The molecular weight excluding hydrogens is 593 g/mol. The molecule has 1 atom stereocenters. The van der Waals surface area contributed by atoms with Crippen molar-refractivity contribution >= 4 is 34.6 Å². The van der Waals surface area contributed by atoms with E-state index in [1.807, 2.05) is 78.3 Å². The molecule has 4 heterocycles. The number of amidine groups is 2. The Morgan fingerprint density at radius 2 is 1.43 bits per heavy atom. The fraction of sp³-hybridized carbons (Fsp3) is 0.216. The van der Waals surface area contributed by atoms with E-state index in [1.165, 1.54) is 12.1 Å². The number of hydrogen-bond donors (Lipinski definition) is 0. The zero-order chi connectivity index (χ0) is 32.1. The Bertz CT molecular complexity index is 2010. The molecule has 4 aromatic carbocycles. The lowest BCUT2D eigenvalue weighted by atomic mass is 9.92. The number of benzene rings is 4. The van der Waals surface area contributed by atoms with Gasteiger partial charge in [-0.15, -0.1) is 0 Å². The summed E-state index contributed by atoms with van der Waals surface area (Å²) in [4.78, 5) is 17.6. The number of anilines is 2. The van der Waals surface area contributed by atoms with E-state index in [0.29, 0.717) is 11.5 Å². The molecular formula is C37H34FN7O2. The summed E-state index contributed by atoms with van der Waals surface area (Å²) in [6.07, 6.45) is 0. The maximum Gasteiger partial charge on any atom is 0.179 e. The lowest BCUT2D eigenvalue weighted by Gasteiger charge is -2.44. The molecule has 0 unspecified atom stereocenters. The van der Waals surface area contributed by atoms with E-state index in [-0.39, 0.29) is 11.9 Å². The standard InChI is InChI=1S/C37H34FN7O2/c1-24-32-33(28-12-9-15-31(46-2)34(28)47-3)44-30-14-8-7-13-29(30)39-36(37(44)40-35(32)45(41-24)27-10-5-4-6-11-27)43-22-20-42(21-23-43)26-18-16-25(38)17-19-26/h4-19,33H,20-23H2,1-3H3/t33-/m1/s1. The van der Waals surface area contributed by atoms with Crippen molar-refractivity contribution in [2.75, 3.05) is 50.2 Å². The second-order valence-corrected chi connectivity index (χ2v) is 11.7. The van der Waals surface area contributed by atoms with Gasteiger partial charge in [-0.3, -0.25) is 0 Å². The van der Waals surface area contributed by atoms with Crippen molar-refractivity contribution < 1.29 is 13.9 Å². The molecule has 0 amide bonds. The Morgan fingerprint density at radius 1 is 0.702 bits per heavy atom. The molecule has 0 aliphatic carbocycles. The molecule has 0 radical (unpaired) electrons. The zero-order valence-electron chi connectivity index (χ0n) is 26.5. The Kier molecular flexibility index (Phi) is 7.12. The maximum absolute atomic E-state index is 13.6. The molecule has 1 saturated heterocycles. The number of fused-ring (bicyclic) bond motifs is 4. The van der Waals surface area contributed by atoms with Gasteiger partial charge in [0.2, 0.25) is 0 Å². The van der Waals surface area contributed by atoms with Gasteiger partial charge in [-0.2, -0.15) is 5.10 Å². The van der Waals surface area contributed by atoms with E-state index in [0.717, 1.165) is 83.2 Å². The van der Waals surface area contributed by atoms with Gasteiger partial charge in [0.05, 0.1) is 43.0 Å².